The number of aromatic nitrogens is 3. The number of urea groups is 1. The average molecular weight is 517 g/mol. The third-order valence-corrected chi connectivity index (χ3v) is 7.17. The van der Waals surface area contributed by atoms with Crippen molar-refractivity contribution in [3.63, 3.8) is 0 Å². The Morgan fingerprint density at radius 1 is 1.19 bits per heavy atom. The first-order valence-electron chi connectivity index (χ1n) is 12.7. The van der Waals surface area contributed by atoms with Crippen LogP contribution in [-0.2, 0) is 4.74 Å². The van der Waals surface area contributed by atoms with Gasteiger partial charge in [0.05, 0.1) is 18.0 Å². The standard InChI is InChI=1S/C26H31F3N6O2/c1-17(2)34-16-37-15-18(14-33(25(34)36)20-8-5-7-19(13-20)26(27,28)29)21-9-6-12-30-24(21)35-23-11-4-3-10-22(23)31-32-35/h3-4,9-11,13,17-19H,5-8,12,14-16H2,1-2H3. The SMILES string of the molecule is CC(C)N1COCC(C2=CCCN=C2n2nnc3ccccc32)CN(C2=CC(C(F)(F)F)CCC2)C1=O. The van der Waals surface area contributed by atoms with E-state index in [1.807, 2.05) is 38.1 Å². The summed E-state index contributed by atoms with van der Waals surface area (Å²) in [5.41, 5.74) is 2.83. The van der Waals surface area contributed by atoms with E-state index in [4.69, 9.17) is 9.73 Å². The van der Waals surface area contributed by atoms with E-state index >= 15 is 0 Å². The summed E-state index contributed by atoms with van der Waals surface area (Å²) < 4.78 is 48.5. The van der Waals surface area contributed by atoms with E-state index in [9.17, 15) is 18.0 Å². The highest BCUT2D eigenvalue weighted by Gasteiger charge is 2.41. The second-order valence-electron chi connectivity index (χ2n) is 10.00. The minimum absolute atomic E-state index is 0.0385. The molecule has 2 atom stereocenters. The molecule has 1 aliphatic carbocycles. The predicted octanol–water partition coefficient (Wildman–Crippen LogP) is 4.99. The Kier molecular flexibility index (Phi) is 7.06. The van der Waals surface area contributed by atoms with Gasteiger partial charge in [-0.3, -0.25) is 14.8 Å². The van der Waals surface area contributed by atoms with Crippen molar-refractivity contribution in [2.75, 3.05) is 26.4 Å². The van der Waals surface area contributed by atoms with Crippen LogP contribution >= 0.6 is 0 Å². The minimum atomic E-state index is -4.34. The Bertz CT molecular complexity index is 1250. The van der Waals surface area contributed by atoms with Gasteiger partial charge >= 0.3 is 12.2 Å². The van der Waals surface area contributed by atoms with Crippen molar-refractivity contribution in [1.29, 1.82) is 0 Å². The molecule has 0 bridgehead atoms. The van der Waals surface area contributed by atoms with Crippen LogP contribution in [0.2, 0.25) is 0 Å². The second-order valence-corrected chi connectivity index (χ2v) is 10.00. The number of aliphatic imine (C=N–C) groups is 1. The second kappa shape index (κ2) is 10.3. The number of para-hydroxylation sites is 1. The molecule has 11 heteroatoms. The Hall–Kier alpha value is -3.21. The zero-order valence-electron chi connectivity index (χ0n) is 21.0. The lowest BCUT2D eigenvalue weighted by Crippen LogP contribution is -2.52. The van der Waals surface area contributed by atoms with Crippen LogP contribution in [0.25, 0.3) is 11.0 Å². The van der Waals surface area contributed by atoms with Gasteiger partial charge in [-0.05, 0) is 57.2 Å². The van der Waals surface area contributed by atoms with Gasteiger partial charge in [0.1, 0.15) is 12.2 Å². The van der Waals surface area contributed by atoms with Gasteiger partial charge in [0.15, 0.2) is 5.84 Å². The van der Waals surface area contributed by atoms with Crippen molar-refractivity contribution < 1.29 is 22.7 Å². The monoisotopic (exact) mass is 516 g/mol. The lowest BCUT2D eigenvalue weighted by Gasteiger charge is -2.40. The van der Waals surface area contributed by atoms with Gasteiger partial charge in [-0.1, -0.05) is 29.5 Å². The number of hydrogen-bond acceptors (Lipinski definition) is 5. The van der Waals surface area contributed by atoms with Gasteiger partial charge in [-0.15, -0.1) is 5.10 Å². The number of allylic oxidation sites excluding steroid dienone is 2. The summed E-state index contributed by atoms with van der Waals surface area (Å²) in [6.07, 6.45) is 0.537. The summed E-state index contributed by atoms with van der Waals surface area (Å²) in [5, 5.41) is 8.59. The summed E-state index contributed by atoms with van der Waals surface area (Å²) in [4.78, 5) is 21.5. The number of nitrogens with zero attached hydrogens (tertiary/aromatic N) is 6. The summed E-state index contributed by atoms with van der Waals surface area (Å²) in [7, 11) is 0. The molecular formula is C26H31F3N6O2. The number of amides is 2. The van der Waals surface area contributed by atoms with Crippen molar-refractivity contribution in [3.8, 4) is 0 Å². The largest absolute Gasteiger partial charge is 0.395 e. The van der Waals surface area contributed by atoms with E-state index in [-0.39, 0.29) is 37.7 Å². The van der Waals surface area contributed by atoms with Crippen LogP contribution in [0.15, 0.2) is 52.7 Å². The number of halogens is 3. The van der Waals surface area contributed by atoms with Crippen LogP contribution in [0, 0.1) is 11.8 Å². The molecule has 0 N–H and O–H groups in total. The predicted molar refractivity (Wildman–Crippen MR) is 133 cm³/mol. The quantitative estimate of drug-likeness (QED) is 0.576. The Morgan fingerprint density at radius 3 is 2.78 bits per heavy atom. The fourth-order valence-corrected chi connectivity index (χ4v) is 5.17. The fourth-order valence-electron chi connectivity index (χ4n) is 5.17. The molecule has 0 radical (unpaired) electrons. The molecular weight excluding hydrogens is 485 g/mol. The smallest absolute Gasteiger partial charge is 0.360 e. The van der Waals surface area contributed by atoms with Crippen molar-refractivity contribution in [1.82, 2.24) is 24.8 Å². The van der Waals surface area contributed by atoms with E-state index in [2.05, 4.69) is 16.4 Å². The third-order valence-electron chi connectivity index (χ3n) is 7.17. The Morgan fingerprint density at radius 2 is 2.00 bits per heavy atom. The molecule has 2 unspecified atom stereocenters. The van der Waals surface area contributed by atoms with Crippen LogP contribution < -0.4 is 0 Å². The van der Waals surface area contributed by atoms with E-state index in [0.717, 1.165) is 16.6 Å². The van der Waals surface area contributed by atoms with Crippen molar-refractivity contribution in [2.45, 2.75) is 51.7 Å². The van der Waals surface area contributed by atoms with Gasteiger partial charge in [0.2, 0.25) is 0 Å². The van der Waals surface area contributed by atoms with Crippen LogP contribution in [0.4, 0.5) is 18.0 Å². The number of hydrogen-bond donors (Lipinski definition) is 0. The lowest BCUT2D eigenvalue weighted by molar-refractivity contribution is -0.164. The maximum atomic E-state index is 13.7. The summed E-state index contributed by atoms with van der Waals surface area (Å²) in [6.45, 7) is 4.87. The lowest BCUT2D eigenvalue weighted by atomic mass is 9.91. The number of fused-ring (bicyclic) bond motifs is 1. The highest BCUT2D eigenvalue weighted by atomic mass is 19.4. The van der Waals surface area contributed by atoms with E-state index in [0.29, 0.717) is 43.9 Å². The molecule has 8 nitrogen and oxygen atoms in total. The summed E-state index contributed by atoms with van der Waals surface area (Å²) in [6, 6.07) is 7.08. The average Bonchev–Trinajstić information content (AvgIpc) is 3.30. The molecule has 0 spiro atoms. The van der Waals surface area contributed by atoms with Crippen molar-refractivity contribution in [3.05, 3.63) is 47.7 Å². The zero-order valence-corrected chi connectivity index (χ0v) is 21.0. The van der Waals surface area contributed by atoms with Gasteiger partial charge in [0.25, 0.3) is 0 Å². The molecule has 2 aliphatic heterocycles. The molecule has 1 fully saturated rings. The van der Waals surface area contributed by atoms with Crippen LogP contribution in [0.1, 0.15) is 39.5 Å². The number of rotatable bonds is 3. The minimum Gasteiger partial charge on any atom is -0.360 e. The maximum absolute atomic E-state index is 13.7. The molecule has 37 heavy (non-hydrogen) atoms. The normalized spacial score (nSPS) is 24.1. The van der Waals surface area contributed by atoms with Gasteiger partial charge < -0.3 is 4.74 Å². The molecule has 3 heterocycles. The van der Waals surface area contributed by atoms with Gasteiger partial charge in [-0.2, -0.15) is 17.9 Å². The molecule has 1 saturated heterocycles. The van der Waals surface area contributed by atoms with E-state index < -0.39 is 12.1 Å². The topological polar surface area (TPSA) is 75.8 Å². The van der Waals surface area contributed by atoms with Crippen LogP contribution in [-0.4, -0.2) is 75.3 Å². The van der Waals surface area contributed by atoms with Crippen LogP contribution in [0.3, 0.4) is 0 Å². The first kappa shape index (κ1) is 25.4. The van der Waals surface area contributed by atoms with Crippen molar-refractivity contribution in [2.24, 2.45) is 16.8 Å². The number of ether oxygens (including phenoxy) is 1. The van der Waals surface area contributed by atoms with Gasteiger partial charge in [-0.25, -0.2) is 4.79 Å². The van der Waals surface area contributed by atoms with Crippen molar-refractivity contribution >= 4 is 22.9 Å². The number of dihydropyridines is 1. The number of carbonyl (C=O) groups excluding carboxylic acids is 1. The molecule has 3 aliphatic rings. The Balaban J connectivity index is 1.51. The maximum Gasteiger partial charge on any atom is 0.395 e. The molecule has 1 aromatic heterocycles. The fraction of sp³-hybridized carbons (Fsp3) is 0.538. The summed E-state index contributed by atoms with van der Waals surface area (Å²) >= 11 is 0. The molecule has 198 valence electrons. The highest BCUT2D eigenvalue weighted by molar-refractivity contribution is 6.04. The van der Waals surface area contributed by atoms with E-state index in [1.54, 1.807) is 9.58 Å². The molecule has 5 rings (SSSR count). The number of carbonyl (C=O) groups is 1. The zero-order chi connectivity index (χ0) is 26.2. The van der Waals surface area contributed by atoms with Gasteiger partial charge in [0, 0.05) is 30.7 Å². The number of benzene rings is 1. The summed E-state index contributed by atoms with van der Waals surface area (Å²) in [5.74, 6) is -1.22. The molecule has 0 saturated carbocycles. The Labute approximate surface area is 213 Å². The molecule has 2 aromatic rings. The molecule has 1 aromatic carbocycles. The first-order valence-corrected chi connectivity index (χ1v) is 12.7. The van der Waals surface area contributed by atoms with E-state index in [1.165, 1.54) is 11.0 Å². The first-order chi connectivity index (χ1) is 17.7. The van der Waals surface area contributed by atoms with Crippen LogP contribution in [0.5, 0.6) is 0 Å². The third kappa shape index (κ3) is 5.14. The number of alkyl halides is 3. The highest BCUT2D eigenvalue weighted by Crippen LogP contribution is 2.38. The molecule has 2 amide bonds.